The van der Waals surface area contributed by atoms with E-state index in [-0.39, 0.29) is 6.47 Å². The average Bonchev–Trinajstić information content (AvgIpc) is 2.62. The van der Waals surface area contributed by atoms with Crippen LogP contribution in [0.5, 0.6) is 5.75 Å². The molecule has 4 nitrogen and oxygen atoms in total. The zero-order valence-electron chi connectivity index (χ0n) is 13.4. The summed E-state index contributed by atoms with van der Waals surface area (Å²) < 4.78 is 5.78. The largest absolute Gasteiger partial charge is 0.487 e. The molecule has 0 saturated carbocycles. The van der Waals surface area contributed by atoms with Crippen molar-refractivity contribution in [2.24, 2.45) is 0 Å². The number of rotatable bonds is 4. The van der Waals surface area contributed by atoms with Gasteiger partial charge in [0.2, 0.25) is 0 Å². The van der Waals surface area contributed by atoms with Gasteiger partial charge in [-0.3, -0.25) is 9.78 Å². The van der Waals surface area contributed by atoms with Crippen LogP contribution in [0.2, 0.25) is 0 Å². The maximum absolute atomic E-state index is 8.36. The lowest BCUT2D eigenvalue weighted by Crippen LogP contribution is -1.98. The van der Waals surface area contributed by atoms with Crippen LogP contribution in [-0.2, 0) is 11.4 Å². The second kappa shape index (κ2) is 9.10. The highest BCUT2D eigenvalue weighted by Gasteiger charge is 2.00. The van der Waals surface area contributed by atoms with Crippen molar-refractivity contribution in [3.8, 4) is 16.9 Å². The fraction of sp³-hybridized carbons (Fsp3) is 0.100. The number of ether oxygens (including phenoxy) is 1. The minimum absolute atomic E-state index is 0.250. The van der Waals surface area contributed by atoms with Gasteiger partial charge in [-0.05, 0) is 42.3 Å². The molecule has 4 heteroatoms. The van der Waals surface area contributed by atoms with E-state index in [1.54, 1.807) is 0 Å². The first kappa shape index (κ1) is 17.2. The van der Waals surface area contributed by atoms with Crippen molar-refractivity contribution < 1.29 is 14.6 Å². The van der Waals surface area contributed by atoms with Gasteiger partial charge in [0.05, 0.1) is 5.69 Å². The van der Waals surface area contributed by atoms with Crippen LogP contribution in [0.4, 0.5) is 0 Å². The molecule has 0 aliphatic rings. The number of hydrogen-bond donors (Lipinski definition) is 1. The third kappa shape index (κ3) is 5.25. The van der Waals surface area contributed by atoms with E-state index in [1.807, 2.05) is 55.5 Å². The normalized spacial score (nSPS) is 9.54. The molecule has 0 fully saturated rings. The summed E-state index contributed by atoms with van der Waals surface area (Å²) >= 11 is 0. The van der Waals surface area contributed by atoms with Crippen molar-refractivity contribution in [1.82, 2.24) is 4.98 Å². The zero-order chi connectivity index (χ0) is 17.2. The average molecular weight is 321 g/mol. The van der Waals surface area contributed by atoms with Crippen LogP contribution < -0.4 is 4.74 Å². The SMILES string of the molecule is Cc1cccc(COc2ccc(-c3ccccc3)cc2)n1.O=CO. The van der Waals surface area contributed by atoms with Gasteiger partial charge in [0.25, 0.3) is 6.47 Å². The van der Waals surface area contributed by atoms with Gasteiger partial charge in [-0.15, -0.1) is 0 Å². The van der Waals surface area contributed by atoms with Crippen molar-refractivity contribution in [3.63, 3.8) is 0 Å². The number of nitrogens with zero attached hydrogens (tertiary/aromatic N) is 1. The van der Waals surface area contributed by atoms with Crippen LogP contribution in [0.1, 0.15) is 11.4 Å². The van der Waals surface area contributed by atoms with E-state index in [2.05, 4.69) is 29.2 Å². The molecule has 1 aromatic heterocycles. The fourth-order valence-corrected chi connectivity index (χ4v) is 2.21. The number of aryl methyl sites for hydroxylation is 1. The third-order valence-electron chi connectivity index (χ3n) is 3.29. The molecule has 1 N–H and O–H groups in total. The molecule has 0 radical (unpaired) electrons. The van der Waals surface area contributed by atoms with Gasteiger partial charge in [0.15, 0.2) is 0 Å². The van der Waals surface area contributed by atoms with Gasteiger partial charge >= 0.3 is 0 Å². The van der Waals surface area contributed by atoms with E-state index >= 15 is 0 Å². The molecule has 0 spiro atoms. The number of pyridine rings is 1. The number of hydrogen-bond acceptors (Lipinski definition) is 3. The second-order valence-corrected chi connectivity index (χ2v) is 5.05. The first-order valence-electron chi connectivity index (χ1n) is 7.51. The molecule has 3 aromatic rings. The Morgan fingerprint density at radius 3 is 2.17 bits per heavy atom. The van der Waals surface area contributed by atoms with E-state index in [1.165, 1.54) is 11.1 Å². The Bertz CT molecular complexity index is 755. The zero-order valence-corrected chi connectivity index (χ0v) is 13.4. The number of carboxylic acid groups (broad SMARTS) is 1. The van der Waals surface area contributed by atoms with Gasteiger partial charge in [-0.1, -0.05) is 48.5 Å². The summed E-state index contributed by atoms with van der Waals surface area (Å²) in [6.45, 7) is 2.23. The highest BCUT2D eigenvalue weighted by atomic mass is 16.5. The first-order chi connectivity index (χ1) is 11.7. The molecule has 1 heterocycles. The number of benzene rings is 2. The van der Waals surface area contributed by atoms with Crippen molar-refractivity contribution in [3.05, 3.63) is 84.2 Å². The standard InChI is InChI=1S/C19H17NO.CH2O2/c1-15-6-5-9-18(20-15)14-21-19-12-10-17(11-13-19)16-7-3-2-4-8-16;2-1-3/h2-13H,14H2,1H3;1H,(H,2,3). The molecule has 0 amide bonds. The van der Waals surface area contributed by atoms with Crippen molar-refractivity contribution >= 4 is 6.47 Å². The molecule has 0 atom stereocenters. The summed E-state index contributed by atoms with van der Waals surface area (Å²) in [5.41, 5.74) is 4.36. The lowest BCUT2D eigenvalue weighted by molar-refractivity contribution is -0.122. The Labute approximate surface area is 141 Å². The Hall–Kier alpha value is -3.14. The molecule has 3 rings (SSSR count). The first-order valence-corrected chi connectivity index (χ1v) is 7.51. The van der Waals surface area contributed by atoms with Gasteiger partial charge in [-0.25, -0.2) is 0 Å². The molecule has 2 aromatic carbocycles. The van der Waals surface area contributed by atoms with E-state index < -0.39 is 0 Å². The quantitative estimate of drug-likeness (QED) is 0.726. The van der Waals surface area contributed by atoms with Gasteiger partial charge in [0.1, 0.15) is 12.4 Å². The minimum Gasteiger partial charge on any atom is -0.487 e. The molecule has 0 bridgehead atoms. The summed E-state index contributed by atoms with van der Waals surface area (Å²) in [7, 11) is 0. The van der Waals surface area contributed by atoms with Crippen LogP contribution in [0.15, 0.2) is 72.8 Å². The summed E-state index contributed by atoms with van der Waals surface area (Å²) in [6.07, 6.45) is 0. The van der Waals surface area contributed by atoms with Crippen molar-refractivity contribution in [2.45, 2.75) is 13.5 Å². The van der Waals surface area contributed by atoms with Crippen molar-refractivity contribution in [2.75, 3.05) is 0 Å². The number of carbonyl (C=O) groups is 1. The van der Waals surface area contributed by atoms with E-state index in [4.69, 9.17) is 14.6 Å². The van der Waals surface area contributed by atoms with Crippen molar-refractivity contribution in [1.29, 1.82) is 0 Å². The summed E-state index contributed by atoms with van der Waals surface area (Å²) in [4.78, 5) is 12.8. The Morgan fingerprint density at radius 1 is 0.917 bits per heavy atom. The maximum Gasteiger partial charge on any atom is 0.290 e. The maximum atomic E-state index is 8.36. The number of aromatic nitrogens is 1. The van der Waals surface area contributed by atoms with E-state index in [0.717, 1.165) is 17.1 Å². The van der Waals surface area contributed by atoms with Crippen LogP contribution in [0.25, 0.3) is 11.1 Å². The molecular weight excluding hydrogens is 302 g/mol. The van der Waals surface area contributed by atoms with Gasteiger partial charge in [0, 0.05) is 5.69 Å². The summed E-state index contributed by atoms with van der Waals surface area (Å²) in [5, 5.41) is 6.89. The summed E-state index contributed by atoms with van der Waals surface area (Å²) in [5.74, 6) is 0.859. The Balaban J connectivity index is 0.000000647. The van der Waals surface area contributed by atoms with Crippen LogP contribution >= 0.6 is 0 Å². The highest BCUT2D eigenvalue weighted by molar-refractivity contribution is 5.63. The molecule has 24 heavy (non-hydrogen) atoms. The molecule has 122 valence electrons. The summed E-state index contributed by atoms with van der Waals surface area (Å²) in [6, 6.07) is 24.4. The van der Waals surface area contributed by atoms with E-state index in [0.29, 0.717) is 6.61 Å². The fourth-order valence-electron chi connectivity index (χ4n) is 2.21. The van der Waals surface area contributed by atoms with E-state index in [9.17, 15) is 0 Å². The monoisotopic (exact) mass is 321 g/mol. The highest BCUT2D eigenvalue weighted by Crippen LogP contribution is 2.22. The lowest BCUT2D eigenvalue weighted by atomic mass is 10.1. The lowest BCUT2D eigenvalue weighted by Gasteiger charge is -2.07. The molecule has 0 aliphatic heterocycles. The van der Waals surface area contributed by atoms with Crippen LogP contribution in [-0.4, -0.2) is 16.6 Å². The van der Waals surface area contributed by atoms with Gasteiger partial charge in [-0.2, -0.15) is 0 Å². The molecule has 0 saturated heterocycles. The smallest absolute Gasteiger partial charge is 0.290 e. The predicted octanol–water partition coefficient (Wildman–Crippen LogP) is 4.34. The Kier molecular flexibility index (Phi) is 6.53. The third-order valence-corrected chi connectivity index (χ3v) is 3.29. The topological polar surface area (TPSA) is 59.4 Å². The second-order valence-electron chi connectivity index (χ2n) is 5.05. The van der Waals surface area contributed by atoms with Crippen LogP contribution in [0.3, 0.4) is 0 Å². The predicted molar refractivity (Wildman–Crippen MR) is 93.9 cm³/mol. The molecule has 0 aliphatic carbocycles. The molecular formula is C20H19NO3. The van der Waals surface area contributed by atoms with Gasteiger partial charge < -0.3 is 9.84 Å². The van der Waals surface area contributed by atoms with Crippen LogP contribution in [0, 0.1) is 6.92 Å². The Morgan fingerprint density at radius 2 is 1.54 bits per heavy atom. The minimum atomic E-state index is -0.250. The molecule has 0 unspecified atom stereocenters.